The third-order valence-electron chi connectivity index (χ3n) is 2.63. The quantitative estimate of drug-likeness (QED) is 0.749. The molecule has 7 heteroatoms. The molecule has 0 fully saturated rings. The van der Waals surface area contributed by atoms with Gasteiger partial charge in [0.25, 0.3) is 5.78 Å². The standard InChI is InChI=1S/C11H10ClN5S/c1-7(8-2-3-18-5-8)15-10-4-9(12)16-11-13-6-14-17(10)11/h2-7,15H,1H3. The monoisotopic (exact) mass is 279 g/mol. The smallest absolute Gasteiger partial charge is 0.255 e. The van der Waals surface area contributed by atoms with Crippen molar-refractivity contribution >= 4 is 34.5 Å². The predicted molar refractivity (Wildman–Crippen MR) is 72.1 cm³/mol. The third kappa shape index (κ3) is 2.04. The minimum Gasteiger partial charge on any atom is -0.363 e. The second-order valence-electron chi connectivity index (χ2n) is 3.86. The molecular weight excluding hydrogens is 270 g/mol. The molecular formula is C11H10ClN5S. The van der Waals surface area contributed by atoms with Crippen molar-refractivity contribution in [2.24, 2.45) is 0 Å². The average Bonchev–Trinajstić information content (AvgIpc) is 2.98. The van der Waals surface area contributed by atoms with Gasteiger partial charge in [0.1, 0.15) is 17.3 Å². The number of rotatable bonds is 3. The molecule has 92 valence electrons. The zero-order valence-corrected chi connectivity index (χ0v) is 11.1. The molecule has 0 aliphatic rings. The molecule has 0 amide bonds. The fourth-order valence-electron chi connectivity index (χ4n) is 1.71. The lowest BCUT2D eigenvalue weighted by molar-refractivity contribution is 0.844. The summed E-state index contributed by atoms with van der Waals surface area (Å²) in [6.07, 6.45) is 1.46. The molecule has 0 spiro atoms. The van der Waals surface area contributed by atoms with Crippen LogP contribution in [0, 0.1) is 0 Å². The Labute approximate surface area is 112 Å². The number of aromatic nitrogens is 4. The highest BCUT2D eigenvalue weighted by Gasteiger charge is 2.10. The summed E-state index contributed by atoms with van der Waals surface area (Å²) >= 11 is 7.63. The molecule has 3 rings (SSSR count). The fraction of sp³-hybridized carbons (Fsp3) is 0.182. The topological polar surface area (TPSA) is 55.1 Å². The van der Waals surface area contributed by atoms with Crippen LogP contribution in [0.5, 0.6) is 0 Å². The van der Waals surface area contributed by atoms with Crippen LogP contribution >= 0.6 is 22.9 Å². The Balaban J connectivity index is 1.97. The number of thiophene rings is 1. The molecule has 0 radical (unpaired) electrons. The molecule has 1 unspecified atom stereocenters. The van der Waals surface area contributed by atoms with E-state index in [0.29, 0.717) is 10.9 Å². The Kier molecular flexibility index (Phi) is 2.89. The Morgan fingerprint density at radius 2 is 2.39 bits per heavy atom. The lowest BCUT2D eigenvalue weighted by Gasteiger charge is -2.14. The van der Waals surface area contributed by atoms with Gasteiger partial charge in [0.05, 0.1) is 6.04 Å². The van der Waals surface area contributed by atoms with Crippen LogP contribution in [0.15, 0.2) is 29.2 Å². The molecule has 1 atom stereocenters. The fourth-order valence-corrected chi connectivity index (χ4v) is 2.65. The van der Waals surface area contributed by atoms with E-state index in [0.717, 1.165) is 5.82 Å². The van der Waals surface area contributed by atoms with E-state index >= 15 is 0 Å². The van der Waals surface area contributed by atoms with Crippen LogP contribution in [0.3, 0.4) is 0 Å². The van der Waals surface area contributed by atoms with Crippen molar-refractivity contribution in [1.29, 1.82) is 0 Å². The first kappa shape index (κ1) is 11.4. The van der Waals surface area contributed by atoms with Gasteiger partial charge in [-0.2, -0.15) is 30.9 Å². The van der Waals surface area contributed by atoms with Gasteiger partial charge in [-0.15, -0.1) is 0 Å². The van der Waals surface area contributed by atoms with Gasteiger partial charge >= 0.3 is 0 Å². The van der Waals surface area contributed by atoms with Crippen molar-refractivity contribution in [2.45, 2.75) is 13.0 Å². The van der Waals surface area contributed by atoms with Gasteiger partial charge in [-0.25, -0.2) is 0 Å². The number of nitrogens with one attached hydrogen (secondary N) is 1. The second kappa shape index (κ2) is 4.55. The Bertz CT molecular complexity index is 663. The predicted octanol–water partition coefficient (Wildman–Crippen LogP) is 3.01. The van der Waals surface area contributed by atoms with E-state index < -0.39 is 0 Å². The van der Waals surface area contributed by atoms with Crippen LogP contribution in [-0.2, 0) is 0 Å². The Morgan fingerprint density at radius 3 is 3.17 bits per heavy atom. The van der Waals surface area contributed by atoms with Crippen molar-refractivity contribution < 1.29 is 0 Å². The number of hydrogen-bond donors (Lipinski definition) is 1. The highest BCUT2D eigenvalue weighted by atomic mass is 35.5. The van der Waals surface area contributed by atoms with E-state index in [1.807, 2.05) is 0 Å². The highest BCUT2D eigenvalue weighted by molar-refractivity contribution is 7.07. The van der Waals surface area contributed by atoms with Crippen molar-refractivity contribution in [1.82, 2.24) is 19.6 Å². The highest BCUT2D eigenvalue weighted by Crippen LogP contribution is 2.22. The van der Waals surface area contributed by atoms with E-state index in [9.17, 15) is 0 Å². The maximum absolute atomic E-state index is 5.96. The van der Waals surface area contributed by atoms with Crippen molar-refractivity contribution in [3.8, 4) is 0 Å². The number of anilines is 1. The zero-order chi connectivity index (χ0) is 12.5. The van der Waals surface area contributed by atoms with Gasteiger partial charge in [-0.05, 0) is 29.3 Å². The van der Waals surface area contributed by atoms with Crippen LogP contribution in [0.1, 0.15) is 18.5 Å². The molecule has 0 saturated carbocycles. The van der Waals surface area contributed by atoms with Gasteiger partial charge in [0.2, 0.25) is 0 Å². The SMILES string of the molecule is CC(Nc1cc(Cl)nc2ncnn12)c1ccsc1. The van der Waals surface area contributed by atoms with E-state index in [4.69, 9.17) is 11.6 Å². The lowest BCUT2D eigenvalue weighted by atomic mass is 10.2. The number of hydrogen-bond acceptors (Lipinski definition) is 5. The maximum Gasteiger partial charge on any atom is 0.255 e. The Hall–Kier alpha value is -1.66. The van der Waals surface area contributed by atoms with Crippen LogP contribution in [0.4, 0.5) is 5.82 Å². The zero-order valence-electron chi connectivity index (χ0n) is 9.54. The molecule has 0 saturated heterocycles. The summed E-state index contributed by atoms with van der Waals surface area (Å²) in [5.41, 5.74) is 1.22. The van der Waals surface area contributed by atoms with Gasteiger partial charge in [-0.1, -0.05) is 11.6 Å². The van der Waals surface area contributed by atoms with E-state index in [1.165, 1.54) is 11.9 Å². The van der Waals surface area contributed by atoms with Gasteiger partial charge in [0.15, 0.2) is 0 Å². The first-order valence-corrected chi connectivity index (χ1v) is 6.71. The average molecular weight is 280 g/mol. The van der Waals surface area contributed by atoms with Crippen molar-refractivity contribution in [2.75, 3.05) is 5.32 Å². The van der Waals surface area contributed by atoms with Crippen molar-refractivity contribution in [3.63, 3.8) is 0 Å². The summed E-state index contributed by atoms with van der Waals surface area (Å²) in [6, 6.07) is 4.00. The van der Waals surface area contributed by atoms with Crippen LogP contribution in [-0.4, -0.2) is 19.6 Å². The second-order valence-corrected chi connectivity index (χ2v) is 5.03. The summed E-state index contributed by atoms with van der Waals surface area (Å²) in [5, 5.41) is 12.0. The summed E-state index contributed by atoms with van der Waals surface area (Å²) in [6.45, 7) is 2.08. The van der Waals surface area contributed by atoms with Crippen molar-refractivity contribution in [3.05, 3.63) is 39.9 Å². The summed E-state index contributed by atoms with van der Waals surface area (Å²) in [5.74, 6) is 1.27. The molecule has 3 aromatic heterocycles. The number of fused-ring (bicyclic) bond motifs is 1. The summed E-state index contributed by atoms with van der Waals surface area (Å²) < 4.78 is 1.63. The minimum atomic E-state index is 0.169. The molecule has 0 aromatic carbocycles. The van der Waals surface area contributed by atoms with Crippen LogP contribution in [0.25, 0.3) is 5.78 Å². The van der Waals surface area contributed by atoms with E-state index in [1.54, 1.807) is 21.9 Å². The molecule has 1 N–H and O–H groups in total. The first-order chi connectivity index (χ1) is 8.74. The normalized spacial score (nSPS) is 12.8. The largest absolute Gasteiger partial charge is 0.363 e. The molecule has 3 aromatic rings. The maximum atomic E-state index is 5.96. The molecule has 3 heterocycles. The minimum absolute atomic E-state index is 0.169. The molecule has 18 heavy (non-hydrogen) atoms. The summed E-state index contributed by atoms with van der Waals surface area (Å²) in [4.78, 5) is 8.11. The first-order valence-electron chi connectivity index (χ1n) is 5.39. The molecule has 0 aliphatic heterocycles. The van der Waals surface area contributed by atoms with Crippen LogP contribution < -0.4 is 5.32 Å². The van der Waals surface area contributed by atoms with E-state index in [-0.39, 0.29) is 6.04 Å². The molecule has 5 nitrogen and oxygen atoms in total. The van der Waals surface area contributed by atoms with E-state index in [2.05, 4.69) is 44.1 Å². The molecule has 0 aliphatic carbocycles. The number of halogens is 1. The summed E-state index contributed by atoms with van der Waals surface area (Å²) in [7, 11) is 0. The number of nitrogens with zero attached hydrogens (tertiary/aromatic N) is 4. The Morgan fingerprint density at radius 1 is 1.50 bits per heavy atom. The lowest BCUT2D eigenvalue weighted by Crippen LogP contribution is -2.10. The van der Waals surface area contributed by atoms with Crippen LogP contribution in [0.2, 0.25) is 5.15 Å². The molecule has 0 bridgehead atoms. The van der Waals surface area contributed by atoms with Gasteiger partial charge < -0.3 is 5.32 Å². The third-order valence-corrected chi connectivity index (χ3v) is 3.52. The van der Waals surface area contributed by atoms with Gasteiger partial charge in [-0.3, -0.25) is 0 Å². The van der Waals surface area contributed by atoms with Gasteiger partial charge in [0, 0.05) is 6.07 Å².